The van der Waals surface area contributed by atoms with Gasteiger partial charge in [-0.15, -0.1) is 0 Å². The lowest BCUT2D eigenvalue weighted by Gasteiger charge is -2.10. The number of benzene rings is 1. The van der Waals surface area contributed by atoms with Crippen LogP contribution in [0.5, 0.6) is 5.75 Å². The Bertz CT molecular complexity index is 337. The maximum atomic E-state index is 9.55. The van der Waals surface area contributed by atoms with E-state index < -0.39 is 0 Å². The summed E-state index contributed by atoms with van der Waals surface area (Å²) in [5.41, 5.74) is 7.16. The van der Waals surface area contributed by atoms with Crippen molar-refractivity contribution in [1.29, 1.82) is 0 Å². The van der Waals surface area contributed by atoms with E-state index in [4.69, 9.17) is 5.73 Å². The summed E-state index contributed by atoms with van der Waals surface area (Å²) in [7, 11) is 0. The number of phenols is 1. The molecule has 0 amide bonds. The van der Waals surface area contributed by atoms with Crippen molar-refractivity contribution in [1.82, 2.24) is 0 Å². The van der Waals surface area contributed by atoms with Gasteiger partial charge in [0, 0.05) is 5.54 Å². The molecule has 2 atom stereocenters. The first kappa shape index (κ1) is 9.53. The summed E-state index contributed by atoms with van der Waals surface area (Å²) in [4.78, 5) is 0. The van der Waals surface area contributed by atoms with Crippen LogP contribution in [0.1, 0.15) is 25.3 Å². The van der Waals surface area contributed by atoms with E-state index in [0.717, 1.165) is 24.8 Å². The van der Waals surface area contributed by atoms with Crippen LogP contribution in [-0.2, 0) is 6.42 Å². The highest BCUT2D eigenvalue weighted by atomic mass is 16.3. The zero-order valence-electron chi connectivity index (χ0n) is 8.53. The Kier molecular flexibility index (Phi) is 2.23. The summed E-state index contributed by atoms with van der Waals surface area (Å²) < 4.78 is 0. The van der Waals surface area contributed by atoms with Crippen LogP contribution in [-0.4, -0.2) is 10.6 Å². The maximum absolute atomic E-state index is 9.55. The van der Waals surface area contributed by atoms with Crippen LogP contribution in [0.3, 0.4) is 0 Å². The summed E-state index contributed by atoms with van der Waals surface area (Å²) in [5, 5.41) is 9.55. The summed E-state index contributed by atoms with van der Waals surface area (Å²) in [5.74, 6) is 1.04. The Morgan fingerprint density at radius 1 is 1.50 bits per heavy atom. The third-order valence-corrected chi connectivity index (χ3v) is 3.36. The second-order valence-electron chi connectivity index (χ2n) is 4.47. The van der Waals surface area contributed by atoms with Crippen LogP contribution in [0.2, 0.25) is 0 Å². The average molecular weight is 191 g/mol. The largest absolute Gasteiger partial charge is 0.508 e. The Morgan fingerprint density at radius 2 is 2.14 bits per heavy atom. The van der Waals surface area contributed by atoms with E-state index in [0.29, 0.717) is 11.7 Å². The SMILES string of the molecule is CC1CC1(N)CCc1ccccc1O. The highest BCUT2D eigenvalue weighted by Gasteiger charge is 2.46. The van der Waals surface area contributed by atoms with Gasteiger partial charge in [0.05, 0.1) is 0 Å². The standard InChI is InChI=1S/C12H17NO/c1-9-8-12(9,13)7-6-10-4-2-3-5-11(10)14/h2-5,9,14H,6-8,13H2,1H3. The van der Waals surface area contributed by atoms with Crippen LogP contribution in [0.4, 0.5) is 0 Å². The number of hydrogen-bond acceptors (Lipinski definition) is 2. The molecule has 1 aliphatic rings. The Morgan fingerprint density at radius 3 is 2.71 bits per heavy atom. The van der Waals surface area contributed by atoms with Crippen molar-refractivity contribution in [3.63, 3.8) is 0 Å². The van der Waals surface area contributed by atoms with Gasteiger partial charge in [0.1, 0.15) is 5.75 Å². The van der Waals surface area contributed by atoms with Gasteiger partial charge >= 0.3 is 0 Å². The fourth-order valence-corrected chi connectivity index (χ4v) is 1.95. The monoisotopic (exact) mass is 191 g/mol. The molecule has 0 bridgehead atoms. The minimum atomic E-state index is 0.0439. The lowest BCUT2D eigenvalue weighted by Crippen LogP contribution is -2.24. The van der Waals surface area contributed by atoms with Crippen LogP contribution < -0.4 is 5.73 Å². The van der Waals surface area contributed by atoms with Gasteiger partial charge in [-0.1, -0.05) is 25.1 Å². The van der Waals surface area contributed by atoms with Crippen molar-refractivity contribution in [2.45, 2.75) is 31.7 Å². The summed E-state index contributed by atoms with van der Waals surface area (Å²) in [6, 6.07) is 7.49. The number of para-hydroxylation sites is 1. The normalized spacial score (nSPS) is 30.3. The van der Waals surface area contributed by atoms with Crippen molar-refractivity contribution in [3.8, 4) is 5.75 Å². The molecule has 0 radical (unpaired) electrons. The Balaban J connectivity index is 1.96. The average Bonchev–Trinajstić information content (AvgIpc) is 2.74. The molecular weight excluding hydrogens is 174 g/mol. The smallest absolute Gasteiger partial charge is 0.118 e. The van der Waals surface area contributed by atoms with Crippen molar-refractivity contribution in [2.24, 2.45) is 11.7 Å². The number of aromatic hydroxyl groups is 1. The number of hydrogen-bond donors (Lipinski definition) is 2. The van der Waals surface area contributed by atoms with Gasteiger partial charge in [0.25, 0.3) is 0 Å². The maximum Gasteiger partial charge on any atom is 0.118 e. The van der Waals surface area contributed by atoms with Crippen LogP contribution >= 0.6 is 0 Å². The lowest BCUT2D eigenvalue weighted by molar-refractivity contribution is 0.463. The quantitative estimate of drug-likeness (QED) is 0.768. The van der Waals surface area contributed by atoms with Gasteiger partial charge in [-0.3, -0.25) is 0 Å². The molecule has 0 spiro atoms. The fraction of sp³-hybridized carbons (Fsp3) is 0.500. The molecule has 2 nitrogen and oxygen atoms in total. The summed E-state index contributed by atoms with van der Waals surface area (Å²) in [6.45, 7) is 2.19. The zero-order valence-corrected chi connectivity index (χ0v) is 8.53. The molecule has 0 saturated heterocycles. The van der Waals surface area contributed by atoms with Gasteiger partial charge in [0.2, 0.25) is 0 Å². The number of rotatable bonds is 3. The number of phenolic OH excluding ortho intramolecular Hbond substituents is 1. The fourth-order valence-electron chi connectivity index (χ4n) is 1.95. The number of nitrogens with two attached hydrogens (primary N) is 1. The van der Waals surface area contributed by atoms with Crippen LogP contribution in [0.25, 0.3) is 0 Å². The molecule has 2 unspecified atom stereocenters. The van der Waals surface area contributed by atoms with Crippen molar-refractivity contribution in [3.05, 3.63) is 29.8 Å². The molecule has 1 aliphatic carbocycles. The van der Waals surface area contributed by atoms with Crippen molar-refractivity contribution in [2.75, 3.05) is 0 Å². The van der Waals surface area contributed by atoms with Gasteiger partial charge in [-0.25, -0.2) is 0 Å². The number of aryl methyl sites for hydroxylation is 1. The van der Waals surface area contributed by atoms with Crippen molar-refractivity contribution >= 4 is 0 Å². The molecule has 2 rings (SSSR count). The second kappa shape index (κ2) is 3.28. The van der Waals surface area contributed by atoms with Gasteiger partial charge in [-0.05, 0) is 36.8 Å². The van der Waals surface area contributed by atoms with E-state index in [1.807, 2.05) is 18.2 Å². The van der Waals surface area contributed by atoms with Crippen molar-refractivity contribution < 1.29 is 5.11 Å². The van der Waals surface area contributed by atoms with E-state index in [1.54, 1.807) is 6.07 Å². The molecule has 1 aromatic rings. The molecule has 0 heterocycles. The third-order valence-electron chi connectivity index (χ3n) is 3.36. The predicted molar refractivity (Wildman–Crippen MR) is 57.1 cm³/mol. The molecule has 2 heteroatoms. The van der Waals surface area contributed by atoms with Gasteiger partial charge in [0.15, 0.2) is 0 Å². The third kappa shape index (κ3) is 1.75. The highest BCUT2D eigenvalue weighted by molar-refractivity contribution is 5.32. The Labute approximate surface area is 84.7 Å². The van der Waals surface area contributed by atoms with E-state index in [2.05, 4.69) is 6.92 Å². The lowest BCUT2D eigenvalue weighted by atomic mass is 10.0. The highest BCUT2D eigenvalue weighted by Crippen LogP contribution is 2.44. The first-order valence-electron chi connectivity index (χ1n) is 5.17. The Hall–Kier alpha value is -1.02. The van der Waals surface area contributed by atoms with Crippen LogP contribution in [0, 0.1) is 5.92 Å². The second-order valence-corrected chi connectivity index (χ2v) is 4.47. The van der Waals surface area contributed by atoms with Gasteiger partial charge in [-0.2, -0.15) is 0 Å². The molecule has 0 aromatic heterocycles. The molecule has 1 aromatic carbocycles. The molecular formula is C12H17NO. The molecule has 3 N–H and O–H groups in total. The minimum absolute atomic E-state index is 0.0439. The van der Waals surface area contributed by atoms with E-state index >= 15 is 0 Å². The van der Waals surface area contributed by atoms with E-state index in [1.165, 1.54) is 0 Å². The van der Waals surface area contributed by atoms with Crippen LogP contribution in [0.15, 0.2) is 24.3 Å². The van der Waals surface area contributed by atoms with E-state index in [-0.39, 0.29) is 5.54 Å². The molecule has 0 aliphatic heterocycles. The molecule has 76 valence electrons. The van der Waals surface area contributed by atoms with E-state index in [9.17, 15) is 5.11 Å². The van der Waals surface area contributed by atoms with Gasteiger partial charge < -0.3 is 10.8 Å². The first-order chi connectivity index (χ1) is 6.62. The molecule has 1 fully saturated rings. The summed E-state index contributed by atoms with van der Waals surface area (Å²) >= 11 is 0. The molecule has 14 heavy (non-hydrogen) atoms. The topological polar surface area (TPSA) is 46.2 Å². The first-order valence-corrected chi connectivity index (χ1v) is 5.17. The minimum Gasteiger partial charge on any atom is -0.508 e. The predicted octanol–water partition coefficient (Wildman–Crippen LogP) is 2.06. The molecule has 1 saturated carbocycles. The summed E-state index contributed by atoms with van der Waals surface area (Å²) in [6.07, 6.45) is 2.99. The zero-order chi connectivity index (χ0) is 10.2.